The molecule has 6 nitrogen and oxygen atoms in total. The fourth-order valence-corrected chi connectivity index (χ4v) is 3.14. The third-order valence-electron chi connectivity index (χ3n) is 4.93. The molecule has 0 bridgehead atoms. The molecule has 12 heteroatoms. The zero-order valence-electron chi connectivity index (χ0n) is 20.0. The summed E-state index contributed by atoms with van der Waals surface area (Å²) in [5.74, 6) is 0.166. The lowest BCUT2D eigenvalue weighted by molar-refractivity contribution is -0.138. The van der Waals surface area contributed by atoms with E-state index in [1.807, 2.05) is 6.92 Å². The number of anilines is 1. The number of benzene rings is 1. The van der Waals surface area contributed by atoms with Crippen LogP contribution >= 0.6 is 0 Å². The predicted molar refractivity (Wildman–Crippen MR) is 122 cm³/mol. The fraction of sp³-hybridized carbons (Fsp3) is 0.375. The number of carbonyl (C=O) groups excluding carboxylic acids is 1. The van der Waals surface area contributed by atoms with Crippen molar-refractivity contribution in [1.82, 2.24) is 9.88 Å². The molecule has 1 aromatic carbocycles. The molecule has 1 aromatic heterocycles. The second kappa shape index (κ2) is 12.3. The van der Waals surface area contributed by atoms with Gasteiger partial charge in [0.15, 0.2) is 17.5 Å². The van der Waals surface area contributed by atoms with Crippen molar-refractivity contribution in [3.8, 4) is 17.7 Å². The number of ether oxygens (including phenoxy) is 1. The van der Waals surface area contributed by atoms with Gasteiger partial charge in [0.1, 0.15) is 12.3 Å². The number of halogens is 6. The summed E-state index contributed by atoms with van der Waals surface area (Å²) in [6, 6.07) is 1.41. The van der Waals surface area contributed by atoms with Gasteiger partial charge in [-0.3, -0.25) is 9.80 Å². The van der Waals surface area contributed by atoms with Crippen molar-refractivity contribution >= 4 is 17.8 Å². The van der Waals surface area contributed by atoms with Gasteiger partial charge in [-0.25, -0.2) is 18.2 Å². The van der Waals surface area contributed by atoms with Crippen LogP contribution < -0.4 is 9.75 Å². The number of alkyl halides is 3. The standard InChI is InChI=1S/C24H24F6N4O2/c1-5-7-8-11-32-33(4)21-17(9-10-18(25)20(21)27)23(35)34(6-2)15(3)14-36-22-19(26)12-16(13-31-22)24(28,29)30/h9-13,15H,5-6,14H2,1-4H3/b32-11-. The van der Waals surface area contributed by atoms with Gasteiger partial charge in [0.2, 0.25) is 5.88 Å². The van der Waals surface area contributed by atoms with Gasteiger partial charge in [0, 0.05) is 26.2 Å². The van der Waals surface area contributed by atoms with Crippen LogP contribution in [0.3, 0.4) is 0 Å². The molecular formula is C24H24F6N4O2. The van der Waals surface area contributed by atoms with Gasteiger partial charge >= 0.3 is 6.18 Å². The Labute approximate surface area is 204 Å². The zero-order valence-corrected chi connectivity index (χ0v) is 20.0. The quantitative estimate of drug-likeness (QED) is 0.208. The molecule has 0 aliphatic heterocycles. The third-order valence-corrected chi connectivity index (χ3v) is 4.93. The number of pyridine rings is 1. The molecule has 0 saturated heterocycles. The first kappa shape index (κ1) is 28.5. The predicted octanol–water partition coefficient (Wildman–Crippen LogP) is 5.28. The van der Waals surface area contributed by atoms with E-state index >= 15 is 0 Å². The van der Waals surface area contributed by atoms with Gasteiger partial charge in [0.25, 0.3) is 5.91 Å². The molecule has 2 rings (SSSR count). The first-order chi connectivity index (χ1) is 16.9. The number of rotatable bonds is 8. The first-order valence-electron chi connectivity index (χ1n) is 10.8. The van der Waals surface area contributed by atoms with Crippen molar-refractivity contribution < 1.29 is 35.9 Å². The highest BCUT2D eigenvalue weighted by Crippen LogP contribution is 2.31. The highest BCUT2D eigenvalue weighted by Gasteiger charge is 2.32. The van der Waals surface area contributed by atoms with Crippen molar-refractivity contribution in [2.45, 2.75) is 39.4 Å². The summed E-state index contributed by atoms with van der Waals surface area (Å²) >= 11 is 0. The molecule has 0 spiro atoms. The highest BCUT2D eigenvalue weighted by atomic mass is 19.4. The molecule has 36 heavy (non-hydrogen) atoms. The Balaban J connectivity index is 2.27. The van der Waals surface area contributed by atoms with Crippen molar-refractivity contribution in [1.29, 1.82) is 0 Å². The van der Waals surface area contributed by atoms with Crippen molar-refractivity contribution in [3.63, 3.8) is 0 Å². The van der Waals surface area contributed by atoms with Crippen LogP contribution in [0.5, 0.6) is 5.88 Å². The number of nitrogens with zero attached hydrogens (tertiary/aromatic N) is 4. The van der Waals surface area contributed by atoms with Gasteiger partial charge < -0.3 is 9.64 Å². The molecule has 0 N–H and O–H groups in total. The Hall–Kier alpha value is -3.75. The minimum Gasteiger partial charge on any atom is -0.473 e. The van der Waals surface area contributed by atoms with Gasteiger partial charge in [-0.1, -0.05) is 18.8 Å². The zero-order chi connectivity index (χ0) is 27.0. The number of likely N-dealkylation sites (N-methyl/N-ethyl adjacent to an activating group) is 1. The average Bonchev–Trinajstić information content (AvgIpc) is 2.82. The maximum atomic E-state index is 14.7. The average molecular weight is 514 g/mol. The molecule has 194 valence electrons. The van der Waals surface area contributed by atoms with E-state index in [0.717, 1.165) is 17.1 Å². The van der Waals surface area contributed by atoms with E-state index in [-0.39, 0.29) is 24.8 Å². The summed E-state index contributed by atoms with van der Waals surface area (Å²) in [4.78, 5) is 17.9. The summed E-state index contributed by atoms with van der Waals surface area (Å²) in [6.07, 6.45) is -2.60. The Kier molecular flexibility index (Phi) is 9.72. The molecule has 1 atom stereocenters. The van der Waals surface area contributed by atoms with Crippen LogP contribution in [0.4, 0.5) is 32.0 Å². The SMILES string of the molecule is CCC#C/C=N\N(C)c1c(C(=O)N(CC)C(C)COc2ncc(C(F)(F)F)cc2F)ccc(F)c1F. The minimum absolute atomic E-state index is 0.0969. The normalized spacial score (nSPS) is 12.2. The molecule has 0 aliphatic carbocycles. The van der Waals surface area contributed by atoms with Crippen LogP contribution in [-0.4, -0.2) is 48.2 Å². The number of hydrazone groups is 1. The van der Waals surface area contributed by atoms with E-state index < -0.39 is 52.7 Å². The van der Waals surface area contributed by atoms with E-state index in [0.29, 0.717) is 12.6 Å². The van der Waals surface area contributed by atoms with Crippen molar-refractivity contribution in [2.75, 3.05) is 25.2 Å². The number of amides is 1. The van der Waals surface area contributed by atoms with Crippen LogP contribution in [0.25, 0.3) is 0 Å². The molecule has 1 unspecified atom stereocenters. The molecule has 0 saturated carbocycles. The van der Waals surface area contributed by atoms with E-state index in [4.69, 9.17) is 4.74 Å². The Morgan fingerprint density at radius 3 is 2.50 bits per heavy atom. The van der Waals surface area contributed by atoms with Crippen LogP contribution in [0.2, 0.25) is 0 Å². The lowest BCUT2D eigenvalue weighted by atomic mass is 10.1. The molecule has 2 aromatic rings. The van der Waals surface area contributed by atoms with E-state index in [9.17, 15) is 31.1 Å². The summed E-state index contributed by atoms with van der Waals surface area (Å²) < 4.78 is 86.0. The second-order valence-electron chi connectivity index (χ2n) is 7.46. The fourth-order valence-electron chi connectivity index (χ4n) is 3.14. The molecular weight excluding hydrogens is 490 g/mol. The minimum atomic E-state index is -4.77. The summed E-state index contributed by atoms with van der Waals surface area (Å²) in [5.41, 5.74) is -1.90. The molecule has 1 heterocycles. The monoisotopic (exact) mass is 514 g/mol. The van der Waals surface area contributed by atoms with Crippen LogP contribution in [0, 0.1) is 29.3 Å². The first-order valence-corrected chi connectivity index (χ1v) is 10.8. The summed E-state index contributed by atoms with van der Waals surface area (Å²) in [6.45, 7) is 4.73. The number of hydrogen-bond donors (Lipinski definition) is 0. The highest BCUT2D eigenvalue weighted by molar-refractivity contribution is 6.00. The molecule has 0 radical (unpaired) electrons. The second-order valence-corrected chi connectivity index (χ2v) is 7.46. The Morgan fingerprint density at radius 1 is 1.22 bits per heavy atom. The maximum Gasteiger partial charge on any atom is 0.417 e. The lowest BCUT2D eigenvalue weighted by Gasteiger charge is -2.29. The number of hydrogen-bond acceptors (Lipinski definition) is 5. The molecule has 0 aliphatic rings. The number of carbonyl (C=O) groups is 1. The lowest BCUT2D eigenvalue weighted by Crippen LogP contribution is -2.42. The van der Waals surface area contributed by atoms with Gasteiger partial charge in [0.05, 0.1) is 23.4 Å². The smallest absolute Gasteiger partial charge is 0.417 e. The van der Waals surface area contributed by atoms with Crippen LogP contribution in [0.15, 0.2) is 29.5 Å². The topological polar surface area (TPSA) is 58.0 Å². The van der Waals surface area contributed by atoms with Gasteiger partial charge in [-0.2, -0.15) is 18.3 Å². The Morgan fingerprint density at radius 2 is 1.92 bits per heavy atom. The van der Waals surface area contributed by atoms with Gasteiger partial charge in [-0.15, -0.1) is 0 Å². The summed E-state index contributed by atoms with van der Waals surface area (Å²) in [5, 5.41) is 4.90. The number of aromatic nitrogens is 1. The third kappa shape index (κ3) is 6.90. The van der Waals surface area contributed by atoms with E-state index in [2.05, 4.69) is 21.9 Å². The Bertz CT molecular complexity index is 1170. The van der Waals surface area contributed by atoms with Crippen LogP contribution in [0.1, 0.15) is 43.1 Å². The van der Waals surface area contributed by atoms with Gasteiger partial charge in [-0.05, 0) is 32.0 Å². The van der Waals surface area contributed by atoms with Crippen LogP contribution in [-0.2, 0) is 6.18 Å². The van der Waals surface area contributed by atoms with Crippen molar-refractivity contribution in [2.24, 2.45) is 5.10 Å². The maximum absolute atomic E-state index is 14.7. The largest absolute Gasteiger partial charge is 0.473 e. The molecule has 0 fully saturated rings. The van der Waals surface area contributed by atoms with E-state index in [1.165, 1.54) is 25.1 Å². The summed E-state index contributed by atoms with van der Waals surface area (Å²) in [7, 11) is 1.32. The molecule has 1 amide bonds. The van der Waals surface area contributed by atoms with Crippen molar-refractivity contribution in [3.05, 3.63) is 53.0 Å². The van der Waals surface area contributed by atoms with E-state index in [1.54, 1.807) is 6.92 Å².